The van der Waals surface area contributed by atoms with E-state index in [1.807, 2.05) is 43.3 Å². The van der Waals surface area contributed by atoms with Crippen molar-refractivity contribution in [3.05, 3.63) is 102 Å². The van der Waals surface area contributed by atoms with Crippen molar-refractivity contribution in [2.24, 2.45) is 0 Å². The first-order valence-electron chi connectivity index (χ1n) is 10.9. The Hall–Kier alpha value is -4.32. The maximum Gasteiger partial charge on any atom is 0.228 e. The molecule has 1 aliphatic rings. The second kappa shape index (κ2) is 7.67. The van der Waals surface area contributed by atoms with Crippen molar-refractivity contribution in [1.29, 1.82) is 0 Å². The molecule has 1 amide bonds. The molecule has 0 bridgehead atoms. The van der Waals surface area contributed by atoms with Gasteiger partial charge in [0.2, 0.25) is 5.91 Å². The monoisotopic (exact) mass is 431 g/mol. The third-order valence-corrected chi connectivity index (χ3v) is 6.35. The predicted molar refractivity (Wildman–Crippen MR) is 127 cm³/mol. The van der Waals surface area contributed by atoms with Crippen molar-refractivity contribution in [1.82, 2.24) is 25.3 Å². The van der Waals surface area contributed by atoms with Gasteiger partial charge in [0, 0.05) is 24.2 Å². The molecule has 2 atom stereocenters. The molecule has 0 unspecified atom stereocenters. The van der Waals surface area contributed by atoms with E-state index in [0.717, 1.165) is 50.2 Å². The molecule has 0 saturated heterocycles. The zero-order valence-corrected chi connectivity index (χ0v) is 18.0. The Labute approximate surface area is 190 Å². The molecule has 3 heterocycles. The second-order valence-electron chi connectivity index (χ2n) is 8.28. The van der Waals surface area contributed by atoms with Crippen LogP contribution in [-0.2, 0) is 4.79 Å². The summed E-state index contributed by atoms with van der Waals surface area (Å²) in [4.78, 5) is 29.8. The minimum absolute atomic E-state index is 0.0316. The smallest absolute Gasteiger partial charge is 0.228 e. The van der Waals surface area contributed by atoms with Gasteiger partial charge in [0.15, 0.2) is 0 Å². The fraction of sp³-hybridized carbons (Fsp3) is 0.111. The molecule has 5 aromatic rings. The van der Waals surface area contributed by atoms with E-state index in [0.29, 0.717) is 0 Å². The van der Waals surface area contributed by atoms with Gasteiger partial charge in [-0.15, -0.1) is 0 Å². The van der Waals surface area contributed by atoms with Gasteiger partial charge < -0.3 is 10.3 Å². The van der Waals surface area contributed by atoms with Crippen molar-refractivity contribution in [3.8, 4) is 22.5 Å². The lowest BCUT2D eigenvalue weighted by molar-refractivity contribution is -0.122. The largest absolute Gasteiger partial charge is 0.345 e. The molecule has 0 spiro atoms. The van der Waals surface area contributed by atoms with Crippen molar-refractivity contribution >= 4 is 16.9 Å². The average Bonchev–Trinajstić information content (AvgIpc) is 3.44. The zero-order chi connectivity index (χ0) is 22.4. The van der Waals surface area contributed by atoms with Gasteiger partial charge >= 0.3 is 0 Å². The van der Waals surface area contributed by atoms with Gasteiger partial charge in [0.1, 0.15) is 5.82 Å². The summed E-state index contributed by atoms with van der Waals surface area (Å²) in [7, 11) is 0. The molecule has 0 aliphatic heterocycles. The van der Waals surface area contributed by atoms with E-state index in [1.54, 1.807) is 24.8 Å². The second-order valence-corrected chi connectivity index (χ2v) is 8.28. The first-order chi connectivity index (χ1) is 16.2. The van der Waals surface area contributed by atoms with Gasteiger partial charge in [-0.25, -0.2) is 4.98 Å². The van der Waals surface area contributed by atoms with Crippen LogP contribution < -0.4 is 5.32 Å². The van der Waals surface area contributed by atoms with E-state index in [2.05, 4.69) is 44.5 Å². The SMILES string of the molecule is C[C@H](C(=O)N[C@@H]1c2ccccc2-c2c(-c3nc4ccncc4[nH]3)cccc21)c1cccnc1. The number of benzene rings is 2. The average molecular weight is 431 g/mol. The summed E-state index contributed by atoms with van der Waals surface area (Å²) in [6.45, 7) is 1.91. The van der Waals surface area contributed by atoms with Crippen LogP contribution in [0.15, 0.2) is 85.5 Å². The van der Waals surface area contributed by atoms with Gasteiger partial charge in [0.25, 0.3) is 0 Å². The number of hydrogen-bond donors (Lipinski definition) is 2. The summed E-state index contributed by atoms with van der Waals surface area (Å²) < 4.78 is 0. The molecule has 6 nitrogen and oxygen atoms in total. The third kappa shape index (κ3) is 3.19. The molecule has 160 valence electrons. The quantitative estimate of drug-likeness (QED) is 0.419. The highest BCUT2D eigenvalue weighted by atomic mass is 16.1. The summed E-state index contributed by atoms with van der Waals surface area (Å²) in [5.74, 6) is 0.456. The minimum Gasteiger partial charge on any atom is -0.345 e. The van der Waals surface area contributed by atoms with E-state index in [-0.39, 0.29) is 17.9 Å². The molecule has 33 heavy (non-hydrogen) atoms. The number of fused-ring (bicyclic) bond motifs is 4. The first-order valence-corrected chi connectivity index (χ1v) is 10.9. The number of carbonyl (C=O) groups is 1. The van der Waals surface area contributed by atoms with Crippen LogP contribution in [0.4, 0.5) is 0 Å². The minimum atomic E-state index is -0.305. The fourth-order valence-corrected chi connectivity index (χ4v) is 4.64. The van der Waals surface area contributed by atoms with Crippen molar-refractivity contribution in [2.45, 2.75) is 18.9 Å². The molecule has 6 rings (SSSR count). The zero-order valence-electron chi connectivity index (χ0n) is 18.0. The molecule has 6 heteroatoms. The molecule has 3 aromatic heterocycles. The van der Waals surface area contributed by atoms with Crippen LogP contribution in [0, 0.1) is 0 Å². The Bertz CT molecular complexity index is 1460. The normalized spacial score (nSPS) is 15.1. The topological polar surface area (TPSA) is 83.6 Å². The van der Waals surface area contributed by atoms with Gasteiger partial charge in [0.05, 0.1) is 29.2 Å². The van der Waals surface area contributed by atoms with Gasteiger partial charge in [-0.3, -0.25) is 14.8 Å². The maximum absolute atomic E-state index is 13.2. The van der Waals surface area contributed by atoms with E-state index in [4.69, 9.17) is 4.98 Å². The number of H-pyrrole nitrogens is 1. The van der Waals surface area contributed by atoms with Crippen LogP contribution in [0.3, 0.4) is 0 Å². The van der Waals surface area contributed by atoms with Crippen LogP contribution in [0.5, 0.6) is 0 Å². The van der Waals surface area contributed by atoms with Gasteiger partial charge in [-0.2, -0.15) is 0 Å². The Morgan fingerprint density at radius 3 is 2.58 bits per heavy atom. The molecule has 1 aliphatic carbocycles. The number of pyridine rings is 2. The van der Waals surface area contributed by atoms with E-state index in [1.165, 1.54) is 0 Å². The number of rotatable bonds is 4. The highest BCUT2D eigenvalue weighted by Crippen LogP contribution is 2.47. The Morgan fingerprint density at radius 2 is 1.73 bits per heavy atom. The van der Waals surface area contributed by atoms with Gasteiger partial charge in [-0.1, -0.05) is 48.5 Å². The van der Waals surface area contributed by atoms with E-state index < -0.39 is 0 Å². The molecule has 0 fully saturated rings. The Morgan fingerprint density at radius 1 is 0.909 bits per heavy atom. The first kappa shape index (κ1) is 19.4. The lowest BCUT2D eigenvalue weighted by Gasteiger charge is -2.19. The number of nitrogens with zero attached hydrogens (tertiary/aromatic N) is 3. The van der Waals surface area contributed by atoms with Crippen molar-refractivity contribution in [2.75, 3.05) is 0 Å². The number of hydrogen-bond acceptors (Lipinski definition) is 4. The van der Waals surface area contributed by atoms with Crippen LogP contribution in [0.2, 0.25) is 0 Å². The lowest BCUT2D eigenvalue weighted by Crippen LogP contribution is -2.31. The number of amides is 1. The molecular formula is C27H21N5O. The standard InChI is InChI=1S/C27H21N5O/c1-16(17-6-5-12-28-14-17)27(33)32-25-19-8-3-2-7-18(19)24-20(25)9-4-10-21(24)26-30-22-11-13-29-15-23(22)31-26/h2-16,25H,1H3,(H,30,31)(H,32,33)/t16-,25+/m0/s1. The van der Waals surface area contributed by atoms with Crippen molar-refractivity contribution < 1.29 is 4.79 Å². The molecule has 2 N–H and O–H groups in total. The predicted octanol–water partition coefficient (Wildman–Crippen LogP) is 5.01. The van der Waals surface area contributed by atoms with Crippen LogP contribution in [0.25, 0.3) is 33.5 Å². The van der Waals surface area contributed by atoms with Crippen molar-refractivity contribution in [3.63, 3.8) is 0 Å². The maximum atomic E-state index is 13.2. The number of aromatic amines is 1. The van der Waals surface area contributed by atoms with E-state index >= 15 is 0 Å². The van der Waals surface area contributed by atoms with Crippen LogP contribution in [-0.4, -0.2) is 25.8 Å². The number of aromatic nitrogens is 4. The Balaban J connectivity index is 1.44. The molecule has 0 saturated carbocycles. The number of imidazole rings is 1. The number of carbonyl (C=O) groups excluding carboxylic acids is 1. The summed E-state index contributed by atoms with van der Waals surface area (Å²) in [6, 6.07) is 19.9. The lowest BCUT2D eigenvalue weighted by atomic mass is 9.98. The number of nitrogens with one attached hydrogen (secondary N) is 2. The summed E-state index contributed by atoms with van der Waals surface area (Å²) in [5, 5.41) is 3.29. The third-order valence-electron chi connectivity index (χ3n) is 6.35. The summed E-state index contributed by atoms with van der Waals surface area (Å²) in [6.07, 6.45) is 6.99. The molecule has 0 radical (unpaired) electrons. The molecular weight excluding hydrogens is 410 g/mol. The van der Waals surface area contributed by atoms with Gasteiger partial charge in [-0.05, 0) is 46.9 Å². The van der Waals surface area contributed by atoms with E-state index in [9.17, 15) is 4.79 Å². The van der Waals surface area contributed by atoms with Crippen LogP contribution in [0.1, 0.15) is 35.6 Å². The Kier molecular flexibility index (Phi) is 4.50. The fourth-order valence-electron chi connectivity index (χ4n) is 4.64. The summed E-state index contributed by atoms with van der Waals surface area (Å²) >= 11 is 0. The van der Waals surface area contributed by atoms with Crippen LogP contribution >= 0.6 is 0 Å². The summed E-state index contributed by atoms with van der Waals surface area (Å²) in [5.41, 5.74) is 8.04. The molecule has 2 aromatic carbocycles. The highest BCUT2D eigenvalue weighted by molar-refractivity contribution is 5.93. The highest BCUT2D eigenvalue weighted by Gasteiger charge is 2.33.